The first-order chi connectivity index (χ1) is 13.6. The summed E-state index contributed by atoms with van der Waals surface area (Å²) in [5.74, 6) is 0.104. The van der Waals surface area contributed by atoms with Crippen molar-refractivity contribution < 1.29 is 18.7 Å². The predicted octanol–water partition coefficient (Wildman–Crippen LogP) is 3.10. The van der Waals surface area contributed by atoms with Crippen LogP contribution in [0.25, 0.3) is 0 Å². The molecule has 1 heterocycles. The van der Waals surface area contributed by atoms with Gasteiger partial charge >= 0.3 is 0 Å². The number of ether oxygens (including phenoxy) is 1. The van der Waals surface area contributed by atoms with Gasteiger partial charge in [-0.05, 0) is 54.1 Å². The van der Waals surface area contributed by atoms with Crippen LogP contribution in [-0.2, 0) is 11.3 Å². The highest BCUT2D eigenvalue weighted by Gasteiger charge is 2.09. The summed E-state index contributed by atoms with van der Waals surface area (Å²) in [4.78, 5) is 24.0. The van der Waals surface area contributed by atoms with Crippen LogP contribution >= 0.6 is 0 Å². The van der Waals surface area contributed by atoms with Crippen molar-refractivity contribution in [1.82, 2.24) is 5.32 Å². The Kier molecular flexibility index (Phi) is 6.06. The second kappa shape index (κ2) is 9.05. The molecule has 0 radical (unpaired) electrons. The van der Waals surface area contributed by atoms with E-state index in [2.05, 4.69) is 10.6 Å². The lowest BCUT2D eigenvalue weighted by molar-refractivity contribution is -0.123. The van der Waals surface area contributed by atoms with Crippen molar-refractivity contribution in [3.63, 3.8) is 0 Å². The maximum Gasteiger partial charge on any atom is 0.291 e. The third-order valence-electron chi connectivity index (χ3n) is 3.77. The lowest BCUT2D eigenvalue weighted by Crippen LogP contribution is -2.28. The number of hydrogen-bond donors (Lipinski definition) is 2. The highest BCUT2D eigenvalue weighted by Crippen LogP contribution is 2.13. The molecule has 0 bridgehead atoms. The van der Waals surface area contributed by atoms with Gasteiger partial charge in [-0.25, -0.2) is 0 Å². The van der Waals surface area contributed by atoms with E-state index in [4.69, 9.17) is 14.4 Å². The topological polar surface area (TPSA) is 104 Å². The van der Waals surface area contributed by atoms with E-state index < -0.39 is 0 Å². The molecule has 0 aliphatic carbocycles. The number of carbonyl (C=O) groups excluding carboxylic acids is 2. The summed E-state index contributed by atoms with van der Waals surface area (Å²) in [6, 6.07) is 18.9. The molecule has 0 spiro atoms. The molecule has 2 amide bonds. The Hall–Kier alpha value is -4.05. The molecule has 0 fully saturated rings. The first-order valence-corrected chi connectivity index (χ1v) is 8.47. The average Bonchev–Trinajstić information content (AvgIpc) is 3.26. The number of nitrogens with one attached hydrogen (secondary N) is 2. The van der Waals surface area contributed by atoms with Crippen molar-refractivity contribution in [2.75, 3.05) is 11.9 Å². The normalized spacial score (nSPS) is 9.96. The number of nitriles is 1. The molecule has 0 saturated carbocycles. The standard InChI is InChI=1S/C21H17N3O4/c22-12-15-6-8-18(9-7-15)28-14-20(25)23-13-16-3-1-4-17(11-16)24-21(26)19-5-2-10-27-19/h1-11H,13-14H2,(H,23,25)(H,24,26). The largest absolute Gasteiger partial charge is 0.484 e. The van der Waals surface area contributed by atoms with E-state index in [1.807, 2.05) is 12.1 Å². The van der Waals surface area contributed by atoms with Gasteiger partial charge in [-0.3, -0.25) is 9.59 Å². The molecule has 140 valence electrons. The number of anilines is 1. The molecule has 0 aliphatic rings. The molecule has 0 saturated heterocycles. The summed E-state index contributed by atoms with van der Waals surface area (Å²) in [7, 11) is 0. The van der Waals surface area contributed by atoms with Crippen LogP contribution in [0.2, 0.25) is 0 Å². The zero-order chi connectivity index (χ0) is 19.8. The predicted molar refractivity (Wildman–Crippen MR) is 102 cm³/mol. The lowest BCUT2D eigenvalue weighted by Gasteiger charge is -2.09. The Morgan fingerprint density at radius 2 is 1.89 bits per heavy atom. The Bertz CT molecular complexity index is 989. The van der Waals surface area contributed by atoms with E-state index in [0.29, 0.717) is 23.5 Å². The van der Waals surface area contributed by atoms with Crippen molar-refractivity contribution in [1.29, 1.82) is 5.26 Å². The third-order valence-corrected chi connectivity index (χ3v) is 3.77. The summed E-state index contributed by atoms with van der Waals surface area (Å²) in [6.07, 6.45) is 1.43. The number of nitrogens with zero attached hydrogens (tertiary/aromatic N) is 1. The zero-order valence-corrected chi connectivity index (χ0v) is 14.8. The van der Waals surface area contributed by atoms with Gasteiger partial charge in [-0.15, -0.1) is 0 Å². The number of benzene rings is 2. The summed E-state index contributed by atoms with van der Waals surface area (Å²) in [5, 5.41) is 14.2. The highest BCUT2D eigenvalue weighted by molar-refractivity contribution is 6.02. The average molecular weight is 375 g/mol. The van der Waals surface area contributed by atoms with E-state index in [0.717, 1.165) is 5.56 Å². The van der Waals surface area contributed by atoms with Crippen molar-refractivity contribution >= 4 is 17.5 Å². The number of carbonyl (C=O) groups is 2. The summed E-state index contributed by atoms with van der Waals surface area (Å²) in [5.41, 5.74) is 1.95. The third kappa shape index (κ3) is 5.22. The molecular formula is C21H17N3O4. The van der Waals surface area contributed by atoms with Gasteiger partial charge in [-0.1, -0.05) is 12.1 Å². The minimum Gasteiger partial charge on any atom is -0.484 e. The Balaban J connectivity index is 1.48. The Morgan fingerprint density at radius 3 is 2.61 bits per heavy atom. The van der Waals surface area contributed by atoms with Gasteiger partial charge < -0.3 is 19.8 Å². The molecule has 3 rings (SSSR count). The van der Waals surface area contributed by atoms with Gasteiger partial charge in [0, 0.05) is 12.2 Å². The fourth-order valence-electron chi connectivity index (χ4n) is 2.39. The first kappa shape index (κ1) is 18.7. The van der Waals surface area contributed by atoms with E-state index >= 15 is 0 Å². The molecule has 2 aromatic carbocycles. The van der Waals surface area contributed by atoms with Crippen molar-refractivity contribution in [2.24, 2.45) is 0 Å². The van der Waals surface area contributed by atoms with E-state index in [9.17, 15) is 9.59 Å². The zero-order valence-electron chi connectivity index (χ0n) is 14.8. The monoisotopic (exact) mass is 375 g/mol. The lowest BCUT2D eigenvalue weighted by atomic mass is 10.2. The minimum atomic E-state index is -0.345. The van der Waals surface area contributed by atoms with Gasteiger partial charge in [-0.2, -0.15) is 5.26 Å². The van der Waals surface area contributed by atoms with E-state index in [-0.39, 0.29) is 24.2 Å². The van der Waals surface area contributed by atoms with Gasteiger partial charge in [0.2, 0.25) is 0 Å². The van der Waals surface area contributed by atoms with E-state index in [1.165, 1.54) is 6.26 Å². The first-order valence-electron chi connectivity index (χ1n) is 8.47. The number of hydrogen-bond acceptors (Lipinski definition) is 5. The minimum absolute atomic E-state index is 0.138. The fraction of sp³-hybridized carbons (Fsp3) is 0.0952. The Labute approximate surface area is 161 Å². The second-order valence-corrected chi connectivity index (χ2v) is 5.83. The molecule has 3 aromatic rings. The highest BCUT2D eigenvalue weighted by atomic mass is 16.5. The van der Waals surface area contributed by atoms with Crippen LogP contribution in [0.3, 0.4) is 0 Å². The van der Waals surface area contributed by atoms with Crippen LogP contribution < -0.4 is 15.4 Å². The van der Waals surface area contributed by atoms with Crippen molar-refractivity contribution in [2.45, 2.75) is 6.54 Å². The molecule has 28 heavy (non-hydrogen) atoms. The Morgan fingerprint density at radius 1 is 1.07 bits per heavy atom. The number of furan rings is 1. The molecule has 7 nitrogen and oxygen atoms in total. The summed E-state index contributed by atoms with van der Waals surface area (Å²) >= 11 is 0. The van der Waals surface area contributed by atoms with Crippen LogP contribution in [-0.4, -0.2) is 18.4 Å². The van der Waals surface area contributed by atoms with Crippen LogP contribution in [0.5, 0.6) is 5.75 Å². The summed E-state index contributed by atoms with van der Waals surface area (Å²) in [6.45, 7) is 0.154. The van der Waals surface area contributed by atoms with Gasteiger partial charge in [0.15, 0.2) is 12.4 Å². The molecule has 0 aliphatic heterocycles. The van der Waals surface area contributed by atoms with Crippen LogP contribution in [0.4, 0.5) is 5.69 Å². The van der Waals surface area contributed by atoms with Crippen LogP contribution in [0.15, 0.2) is 71.3 Å². The summed E-state index contributed by atoms with van der Waals surface area (Å²) < 4.78 is 10.4. The number of amides is 2. The van der Waals surface area contributed by atoms with Crippen molar-refractivity contribution in [3.05, 3.63) is 83.8 Å². The SMILES string of the molecule is N#Cc1ccc(OCC(=O)NCc2cccc(NC(=O)c3ccco3)c2)cc1. The molecule has 2 N–H and O–H groups in total. The maximum absolute atomic E-state index is 12.0. The molecule has 0 atom stereocenters. The quantitative estimate of drug-likeness (QED) is 0.660. The molecule has 1 aromatic heterocycles. The van der Waals surface area contributed by atoms with Gasteiger partial charge in [0.1, 0.15) is 5.75 Å². The van der Waals surface area contributed by atoms with Crippen LogP contribution in [0, 0.1) is 11.3 Å². The van der Waals surface area contributed by atoms with E-state index in [1.54, 1.807) is 54.6 Å². The smallest absolute Gasteiger partial charge is 0.291 e. The van der Waals surface area contributed by atoms with Gasteiger partial charge in [0.25, 0.3) is 11.8 Å². The maximum atomic E-state index is 12.0. The molecule has 7 heteroatoms. The van der Waals surface area contributed by atoms with Crippen molar-refractivity contribution in [3.8, 4) is 11.8 Å². The fourth-order valence-corrected chi connectivity index (χ4v) is 2.39. The molecule has 0 unspecified atom stereocenters. The molecular weight excluding hydrogens is 358 g/mol. The second-order valence-electron chi connectivity index (χ2n) is 5.83. The van der Waals surface area contributed by atoms with Gasteiger partial charge in [0.05, 0.1) is 17.9 Å². The number of rotatable bonds is 7. The van der Waals surface area contributed by atoms with Crippen LogP contribution in [0.1, 0.15) is 21.7 Å².